The number of benzene rings is 1. The van der Waals surface area contributed by atoms with Crippen molar-refractivity contribution in [1.82, 2.24) is 0 Å². The zero-order chi connectivity index (χ0) is 8.27. The molecule has 0 radical (unpaired) electrons. The molecule has 0 unspecified atom stereocenters. The lowest BCUT2D eigenvalue weighted by molar-refractivity contribution is 0.362. The van der Waals surface area contributed by atoms with Crippen molar-refractivity contribution < 1.29 is 9.84 Å². The first-order valence-electron chi connectivity index (χ1n) is 3.22. The lowest BCUT2D eigenvalue weighted by Crippen LogP contribution is -1.89. The minimum absolute atomic E-state index is 0.176. The molecule has 0 aliphatic heterocycles. The van der Waals surface area contributed by atoms with E-state index in [2.05, 4.69) is 15.9 Å². The van der Waals surface area contributed by atoms with E-state index in [0.29, 0.717) is 11.3 Å². The van der Waals surface area contributed by atoms with Gasteiger partial charge in [0, 0.05) is 0 Å². The minimum atomic E-state index is 0.176. The zero-order valence-electron chi connectivity index (χ0n) is 6.17. The van der Waals surface area contributed by atoms with Crippen LogP contribution in [0.5, 0.6) is 11.5 Å². The highest BCUT2D eigenvalue weighted by Gasteiger charge is 1.99. The van der Waals surface area contributed by atoms with Gasteiger partial charge in [-0.15, -0.1) is 0 Å². The molecule has 1 N–H and O–H groups in total. The third kappa shape index (κ3) is 2.12. The van der Waals surface area contributed by atoms with Crippen LogP contribution in [0.3, 0.4) is 0 Å². The van der Waals surface area contributed by atoms with E-state index in [-0.39, 0.29) is 5.75 Å². The van der Waals surface area contributed by atoms with Gasteiger partial charge in [-0.05, 0) is 40.5 Å². The number of hydrogen-bond acceptors (Lipinski definition) is 2. The van der Waals surface area contributed by atoms with Crippen LogP contribution in [0.1, 0.15) is 5.56 Å². The second-order valence-electron chi connectivity index (χ2n) is 2.22. The van der Waals surface area contributed by atoms with Gasteiger partial charge < -0.3 is 9.84 Å². The van der Waals surface area contributed by atoms with Gasteiger partial charge in [0.2, 0.25) is 0 Å². The molecule has 0 bridgehead atoms. The van der Waals surface area contributed by atoms with Crippen LogP contribution in [0.4, 0.5) is 0 Å². The maximum absolute atomic E-state index is 9.22. The molecule has 60 valence electrons. The largest absolute Gasteiger partial charge is 0.504 e. The van der Waals surface area contributed by atoms with E-state index in [0.717, 1.165) is 5.56 Å². The van der Waals surface area contributed by atoms with Gasteiger partial charge in [-0.25, -0.2) is 0 Å². The van der Waals surface area contributed by atoms with Crippen LogP contribution < -0.4 is 4.74 Å². The smallest absolute Gasteiger partial charge is 0.162 e. The van der Waals surface area contributed by atoms with E-state index in [1.807, 2.05) is 13.0 Å². The summed E-state index contributed by atoms with van der Waals surface area (Å²) < 4.78 is 5.08. The second-order valence-corrected chi connectivity index (χ2v) is 2.68. The molecule has 1 aromatic carbocycles. The predicted octanol–water partition coefficient (Wildman–Crippen LogP) is 2.43. The van der Waals surface area contributed by atoms with Gasteiger partial charge in [0.15, 0.2) is 11.5 Å². The summed E-state index contributed by atoms with van der Waals surface area (Å²) in [6, 6.07) is 5.24. The van der Waals surface area contributed by atoms with Crippen molar-refractivity contribution in [3.8, 4) is 11.5 Å². The predicted molar refractivity (Wildman–Crippen MR) is 47.3 cm³/mol. The Hall–Kier alpha value is -0.700. The molecule has 1 rings (SSSR count). The summed E-state index contributed by atoms with van der Waals surface area (Å²) in [5.41, 5.74) is 1.46. The molecule has 11 heavy (non-hydrogen) atoms. The van der Waals surface area contributed by atoms with Gasteiger partial charge in [0.05, 0.1) is 0 Å². The Balaban J connectivity index is 2.93. The van der Waals surface area contributed by atoms with Crippen LogP contribution in [-0.2, 0) is 0 Å². The monoisotopic (exact) mass is 216 g/mol. The molecular weight excluding hydrogens is 208 g/mol. The van der Waals surface area contributed by atoms with Gasteiger partial charge in [-0.1, -0.05) is 6.07 Å². The van der Waals surface area contributed by atoms with Crippen molar-refractivity contribution in [2.75, 3.05) is 5.52 Å². The highest BCUT2D eigenvalue weighted by Crippen LogP contribution is 2.26. The van der Waals surface area contributed by atoms with Gasteiger partial charge in [-0.2, -0.15) is 0 Å². The van der Waals surface area contributed by atoms with E-state index in [9.17, 15) is 5.11 Å². The van der Waals surface area contributed by atoms with Gasteiger partial charge >= 0.3 is 0 Å². The molecule has 0 aliphatic carbocycles. The van der Waals surface area contributed by atoms with E-state index in [1.54, 1.807) is 12.1 Å². The SMILES string of the molecule is Cc1ccc(O)c(OCBr)c1. The second kappa shape index (κ2) is 3.62. The Bertz CT molecular complexity index is 248. The fourth-order valence-corrected chi connectivity index (χ4v) is 1.04. The highest BCUT2D eigenvalue weighted by atomic mass is 79.9. The summed E-state index contributed by atoms with van der Waals surface area (Å²) in [7, 11) is 0. The molecule has 1 aromatic rings. The number of ether oxygens (including phenoxy) is 1. The summed E-state index contributed by atoms with van der Waals surface area (Å²) in [5, 5.41) is 9.22. The van der Waals surface area contributed by atoms with Crippen molar-refractivity contribution in [3.05, 3.63) is 23.8 Å². The topological polar surface area (TPSA) is 29.5 Å². The van der Waals surface area contributed by atoms with E-state index in [1.165, 1.54) is 0 Å². The minimum Gasteiger partial charge on any atom is -0.504 e. The molecule has 2 nitrogen and oxygen atoms in total. The number of aryl methyl sites for hydroxylation is 1. The Kier molecular flexibility index (Phi) is 2.76. The van der Waals surface area contributed by atoms with Crippen molar-refractivity contribution in [2.24, 2.45) is 0 Å². The van der Waals surface area contributed by atoms with Crippen LogP contribution >= 0.6 is 15.9 Å². The van der Waals surface area contributed by atoms with Crippen molar-refractivity contribution >= 4 is 15.9 Å². The van der Waals surface area contributed by atoms with Crippen LogP contribution in [0.2, 0.25) is 0 Å². The first-order valence-corrected chi connectivity index (χ1v) is 4.34. The Labute approximate surface area is 73.9 Å². The third-order valence-electron chi connectivity index (χ3n) is 1.33. The fraction of sp³-hybridized carbons (Fsp3) is 0.250. The molecule has 0 saturated carbocycles. The van der Waals surface area contributed by atoms with Crippen LogP contribution in [0.25, 0.3) is 0 Å². The number of halogens is 1. The number of phenolic OH excluding ortho intramolecular Hbond substituents is 1. The van der Waals surface area contributed by atoms with Crippen molar-refractivity contribution in [3.63, 3.8) is 0 Å². The standard InChI is InChI=1S/C8H9BrO2/c1-6-2-3-7(10)8(4-6)11-5-9/h2-4,10H,5H2,1H3. The summed E-state index contributed by atoms with van der Waals surface area (Å²) in [5.74, 6) is 0.692. The van der Waals surface area contributed by atoms with Gasteiger partial charge in [0.1, 0.15) is 5.52 Å². The van der Waals surface area contributed by atoms with E-state index >= 15 is 0 Å². The van der Waals surface area contributed by atoms with E-state index < -0.39 is 0 Å². The van der Waals surface area contributed by atoms with Crippen molar-refractivity contribution in [2.45, 2.75) is 6.92 Å². The summed E-state index contributed by atoms with van der Waals surface area (Å²) >= 11 is 3.11. The fourth-order valence-electron chi connectivity index (χ4n) is 0.796. The maximum Gasteiger partial charge on any atom is 0.162 e. The molecule has 0 aliphatic rings. The first kappa shape index (κ1) is 8.40. The summed E-state index contributed by atoms with van der Waals surface area (Å²) in [6.07, 6.45) is 0. The molecule has 0 atom stereocenters. The normalized spacial score (nSPS) is 9.64. The number of aromatic hydroxyl groups is 1. The summed E-state index contributed by atoms with van der Waals surface area (Å²) in [4.78, 5) is 0. The average molecular weight is 217 g/mol. The van der Waals surface area contributed by atoms with Crippen LogP contribution in [-0.4, -0.2) is 10.6 Å². The van der Waals surface area contributed by atoms with Crippen LogP contribution in [0.15, 0.2) is 18.2 Å². The molecule has 0 saturated heterocycles. The molecule has 0 amide bonds. The van der Waals surface area contributed by atoms with Gasteiger partial charge in [0.25, 0.3) is 0 Å². The number of phenols is 1. The summed E-state index contributed by atoms with van der Waals surface area (Å²) in [6.45, 7) is 1.94. The third-order valence-corrected chi connectivity index (χ3v) is 1.55. The first-order chi connectivity index (χ1) is 5.24. The maximum atomic E-state index is 9.22. The molecule has 0 spiro atoms. The molecule has 0 heterocycles. The van der Waals surface area contributed by atoms with E-state index in [4.69, 9.17) is 4.74 Å². The number of rotatable bonds is 2. The zero-order valence-corrected chi connectivity index (χ0v) is 7.76. The molecule has 3 heteroatoms. The quantitative estimate of drug-likeness (QED) is 0.771. The number of hydrogen-bond donors (Lipinski definition) is 1. The Morgan fingerprint density at radius 2 is 2.27 bits per heavy atom. The average Bonchev–Trinajstić information content (AvgIpc) is 1.98. The number of alkyl halides is 1. The van der Waals surface area contributed by atoms with Crippen LogP contribution in [0, 0.1) is 6.92 Å². The highest BCUT2D eigenvalue weighted by molar-refractivity contribution is 9.09. The molecule has 0 aromatic heterocycles. The Morgan fingerprint density at radius 3 is 2.91 bits per heavy atom. The molecule has 0 fully saturated rings. The molecular formula is C8H9BrO2. The lowest BCUT2D eigenvalue weighted by Gasteiger charge is -2.04. The lowest BCUT2D eigenvalue weighted by atomic mass is 10.2. The Morgan fingerprint density at radius 1 is 1.55 bits per heavy atom. The van der Waals surface area contributed by atoms with Crippen molar-refractivity contribution in [1.29, 1.82) is 0 Å². The van der Waals surface area contributed by atoms with Gasteiger partial charge in [-0.3, -0.25) is 0 Å².